The van der Waals surface area contributed by atoms with E-state index in [1.54, 1.807) is 4.90 Å². The molecular formula is C24H26N2O2. The highest BCUT2D eigenvalue weighted by Gasteiger charge is 2.42. The molecule has 28 heavy (non-hydrogen) atoms. The average molecular weight is 374 g/mol. The first-order valence-electron chi connectivity index (χ1n) is 10.2. The summed E-state index contributed by atoms with van der Waals surface area (Å²) >= 11 is 0. The fourth-order valence-electron chi connectivity index (χ4n) is 4.78. The fourth-order valence-corrected chi connectivity index (χ4v) is 4.78. The number of likely N-dealkylation sites (tertiary alicyclic amines) is 1. The van der Waals surface area contributed by atoms with Crippen molar-refractivity contribution >= 4 is 16.8 Å². The number of fused-ring (bicyclic) bond motifs is 1. The molecule has 1 N–H and O–H groups in total. The Morgan fingerprint density at radius 3 is 2.46 bits per heavy atom. The number of aliphatic hydroxyl groups is 1. The highest BCUT2D eigenvalue weighted by atomic mass is 16.3. The van der Waals surface area contributed by atoms with Crippen LogP contribution in [0.3, 0.4) is 0 Å². The zero-order valence-electron chi connectivity index (χ0n) is 16.3. The van der Waals surface area contributed by atoms with Crippen molar-refractivity contribution < 1.29 is 9.90 Å². The van der Waals surface area contributed by atoms with Crippen LogP contribution in [0, 0.1) is 6.92 Å². The van der Waals surface area contributed by atoms with Crippen LogP contribution in [0.25, 0.3) is 10.9 Å². The molecule has 4 heteroatoms. The summed E-state index contributed by atoms with van der Waals surface area (Å²) < 4.78 is 2.10. The summed E-state index contributed by atoms with van der Waals surface area (Å²) in [5.74, 6) is 0.0793. The Morgan fingerprint density at radius 2 is 1.82 bits per heavy atom. The van der Waals surface area contributed by atoms with E-state index in [0.29, 0.717) is 19.6 Å². The second-order valence-corrected chi connectivity index (χ2v) is 8.44. The molecular weight excluding hydrogens is 348 g/mol. The van der Waals surface area contributed by atoms with E-state index >= 15 is 0 Å². The molecule has 2 heterocycles. The topological polar surface area (TPSA) is 45.5 Å². The van der Waals surface area contributed by atoms with E-state index in [9.17, 15) is 9.90 Å². The molecule has 1 amide bonds. The number of aliphatic hydroxyl groups excluding tert-OH is 1. The second kappa shape index (κ2) is 6.49. The van der Waals surface area contributed by atoms with Gasteiger partial charge in [0.1, 0.15) is 6.54 Å². The van der Waals surface area contributed by atoms with Gasteiger partial charge in [0.2, 0.25) is 5.91 Å². The molecule has 1 aliphatic carbocycles. The Balaban J connectivity index is 1.56. The summed E-state index contributed by atoms with van der Waals surface area (Å²) in [6.45, 7) is 3.37. The van der Waals surface area contributed by atoms with Crippen molar-refractivity contribution in [1.82, 2.24) is 9.47 Å². The van der Waals surface area contributed by atoms with Gasteiger partial charge in [0.15, 0.2) is 0 Å². The summed E-state index contributed by atoms with van der Waals surface area (Å²) in [6, 6.07) is 17.4. The van der Waals surface area contributed by atoms with Crippen molar-refractivity contribution in [3.8, 4) is 0 Å². The predicted molar refractivity (Wildman–Crippen MR) is 110 cm³/mol. The zero-order valence-corrected chi connectivity index (χ0v) is 16.3. The number of hydrogen-bond donors (Lipinski definition) is 1. The molecule has 4 nitrogen and oxygen atoms in total. The Bertz CT molecular complexity index is 1020. The molecule has 144 valence electrons. The molecule has 0 spiro atoms. The number of β-amino-alcohol motifs (C(OH)–C–C–N with tert-alkyl or cyclic N) is 1. The van der Waals surface area contributed by atoms with E-state index in [2.05, 4.69) is 60.2 Å². The lowest BCUT2D eigenvalue weighted by Gasteiger charge is -2.43. The van der Waals surface area contributed by atoms with Gasteiger partial charge < -0.3 is 14.6 Å². The molecule has 0 radical (unpaired) electrons. The molecule has 1 saturated heterocycles. The van der Waals surface area contributed by atoms with Crippen LogP contribution in [-0.4, -0.2) is 39.7 Å². The van der Waals surface area contributed by atoms with Crippen LogP contribution in [-0.2, 0) is 16.8 Å². The van der Waals surface area contributed by atoms with Crippen LogP contribution in [0.1, 0.15) is 36.0 Å². The van der Waals surface area contributed by atoms with Crippen LogP contribution in [0.4, 0.5) is 0 Å². The highest BCUT2D eigenvalue weighted by molar-refractivity contribution is 5.88. The summed E-state index contributed by atoms with van der Waals surface area (Å²) in [6.07, 6.45) is 5.38. The number of para-hydroxylation sites is 1. The van der Waals surface area contributed by atoms with Gasteiger partial charge in [0, 0.05) is 35.6 Å². The number of rotatable bonds is 4. The van der Waals surface area contributed by atoms with Crippen molar-refractivity contribution in [2.24, 2.45) is 0 Å². The summed E-state index contributed by atoms with van der Waals surface area (Å²) in [5, 5.41) is 10.7. The number of hydrogen-bond acceptors (Lipinski definition) is 2. The van der Waals surface area contributed by atoms with E-state index in [4.69, 9.17) is 0 Å². The summed E-state index contributed by atoms with van der Waals surface area (Å²) in [4.78, 5) is 14.4. The van der Waals surface area contributed by atoms with Gasteiger partial charge in [-0.2, -0.15) is 0 Å². The number of carbonyl (C=O) groups is 1. The predicted octanol–water partition coefficient (Wildman–Crippen LogP) is 3.62. The van der Waals surface area contributed by atoms with E-state index in [1.807, 2.05) is 6.07 Å². The summed E-state index contributed by atoms with van der Waals surface area (Å²) in [7, 11) is 0. The first-order chi connectivity index (χ1) is 13.6. The smallest absolute Gasteiger partial charge is 0.242 e. The Labute approximate surface area is 165 Å². The number of nitrogens with zero attached hydrogens (tertiary/aromatic N) is 2. The van der Waals surface area contributed by atoms with Crippen LogP contribution in [0.15, 0.2) is 54.7 Å². The Kier molecular flexibility index (Phi) is 4.06. The average Bonchev–Trinajstić information content (AvgIpc) is 2.99. The Hall–Kier alpha value is -2.59. The van der Waals surface area contributed by atoms with Crippen LogP contribution in [0.5, 0.6) is 0 Å². The van der Waals surface area contributed by atoms with Crippen LogP contribution in [0.2, 0.25) is 0 Å². The maximum Gasteiger partial charge on any atom is 0.242 e. The third-order valence-corrected chi connectivity index (χ3v) is 6.64. The lowest BCUT2D eigenvalue weighted by Crippen LogP contribution is -2.54. The third kappa shape index (κ3) is 2.67. The van der Waals surface area contributed by atoms with Crippen molar-refractivity contribution in [2.75, 3.05) is 13.1 Å². The van der Waals surface area contributed by atoms with Gasteiger partial charge in [-0.05, 0) is 37.0 Å². The molecule has 2 aliphatic rings. The number of aromatic nitrogens is 1. The lowest BCUT2D eigenvalue weighted by atomic mass is 9.60. The number of aryl methyl sites for hydroxylation is 1. The largest absolute Gasteiger partial charge is 0.389 e. The minimum absolute atomic E-state index is 0.0501. The van der Waals surface area contributed by atoms with Gasteiger partial charge >= 0.3 is 0 Å². The van der Waals surface area contributed by atoms with Gasteiger partial charge in [0.05, 0.1) is 6.10 Å². The second-order valence-electron chi connectivity index (χ2n) is 8.44. The molecule has 3 aromatic rings. The van der Waals surface area contributed by atoms with Crippen molar-refractivity contribution in [2.45, 2.75) is 44.2 Å². The molecule has 1 saturated carbocycles. The van der Waals surface area contributed by atoms with E-state index in [1.165, 1.54) is 28.5 Å². The minimum atomic E-state index is -0.360. The summed E-state index contributed by atoms with van der Waals surface area (Å²) in [5.41, 5.74) is 5.17. The maximum absolute atomic E-state index is 12.6. The molecule has 2 aromatic carbocycles. The molecule has 0 unspecified atom stereocenters. The van der Waals surface area contributed by atoms with Gasteiger partial charge in [-0.15, -0.1) is 0 Å². The minimum Gasteiger partial charge on any atom is -0.389 e. The normalized spacial score (nSPS) is 18.7. The number of amides is 1. The zero-order chi connectivity index (χ0) is 19.3. The molecule has 1 aliphatic heterocycles. The standard InChI is InChI=1S/C24H26N2O2/c1-17-7-9-18(10-8-17)24(11-4-12-24)21-15-25(22-6-3-2-5-20(21)22)16-23(28)26-13-19(27)14-26/h2-3,5-10,15,19,27H,4,11-14,16H2,1H3. The van der Waals surface area contributed by atoms with Crippen LogP contribution >= 0.6 is 0 Å². The number of carbonyl (C=O) groups excluding carboxylic acids is 1. The molecule has 1 aromatic heterocycles. The number of benzene rings is 2. The van der Waals surface area contributed by atoms with Gasteiger partial charge in [-0.3, -0.25) is 4.79 Å². The SMILES string of the molecule is Cc1ccc(C2(c3cn(CC(=O)N4CC(O)C4)c4ccccc34)CCC2)cc1. The fraction of sp³-hybridized carbons (Fsp3) is 0.375. The third-order valence-electron chi connectivity index (χ3n) is 6.64. The Morgan fingerprint density at radius 1 is 1.11 bits per heavy atom. The van der Waals surface area contributed by atoms with Gasteiger partial charge in [0.25, 0.3) is 0 Å². The van der Waals surface area contributed by atoms with Crippen LogP contribution < -0.4 is 0 Å². The van der Waals surface area contributed by atoms with Crippen molar-refractivity contribution in [3.05, 3.63) is 71.4 Å². The quantitative estimate of drug-likeness (QED) is 0.758. The molecule has 0 atom stereocenters. The monoisotopic (exact) mass is 374 g/mol. The van der Waals surface area contributed by atoms with E-state index in [0.717, 1.165) is 18.4 Å². The van der Waals surface area contributed by atoms with Crippen molar-refractivity contribution in [1.29, 1.82) is 0 Å². The van der Waals surface area contributed by atoms with E-state index in [-0.39, 0.29) is 17.4 Å². The maximum atomic E-state index is 12.6. The van der Waals surface area contributed by atoms with Gasteiger partial charge in [-0.25, -0.2) is 0 Å². The lowest BCUT2D eigenvalue weighted by molar-refractivity contribution is -0.141. The first kappa shape index (κ1) is 17.5. The van der Waals surface area contributed by atoms with Crippen molar-refractivity contribution in [3.63, 3.8) is 0 Å². The molecule has 5 rings (SSSR count). The molecule has 0 bridgehead atoms. The van der Waals surface area contributed by atoms with Gasteiger partial charge in [-0.1, -0.05) is 54.4 Å². The van der Waals surface area contributed by atoms with E-state index < -0.39 is 0 Å². The first-order valence-corrected chi connectivity index (χ1v) is 10.2. The highest BCUT2D eigenvalue weighted by Crippen LogP contribution is 2.51. The molecule has 2 fully saturated rings.